The van der Waals surface area contributed by atoms with Crippen LogP contribution in [0, 0.1) is 12.7 Å². The summed E-state index contributed by atoms with van der Waals surface area (Å²) in [5, 5.41) is 0. The Morgan fingerprint density at radius 2 is 1.71 bits per heavy atom. The monoisotopic (exact) mass is 306 g/mol. The van der Waals surface area contributed by atoms with Crippen molar-refractivity contribution < 1.29 is 13.9 Å². The molecular formula is C17H19FO2S. The van der Waals surface area contributed by atoms with Crippen LogP contribution in [0.4, 0.5) is 4.39 Å². The minimum absolute atomic E-state index is 0.184. The number of thioether (sulfide) groups is 1. The lowest BCUT2D eigenvalue weighted by Gasteiger charge is -2.14. The molecule has 2 nitrogen and oxygen atoms in total. The summed E-state index contributed by atoms with van der Waals surface area (Å²) in [5.41, 5.74) is 3.12. The predicted molar refractivity (Wildman–Crippen MR) is 83.9 cm³/mol. The van der Waals surface area contributed by atoms with Gasteiger partial charge in [0.25, 0.3) is 0 Å². The molecule has 2 aromatic carbocycles. The number of methoxy groups -OCH3 is 2. The molecule has 2 aromatic rings. The summed E-state index contributed by atoms with van der Waals surface area (Å²) in [6.07, 6.45) is -0.330. The van der Waals surface area contributed by atoms with Gasteiger partial charge in [0.15, 0.2) is 6.29 Å². The third-order valence-corrected chi connectivity index (χ3v) is 4.34. The molecule has 0 aliphatic rings. The van der Waals surface area contributed by atoms with E-state index in [0.29, 0.717) is 0 Å². The van der Waals surface area contributed by atoms with E-state index in [-0.39, 0.29) is 12.1 Å². The summed E-state index contributed by atoms with van der Waals surface area (Å²) in [5.74, 6) is 0.638. The number of benzene rings is 2. The lowest BCUT2D eigenvalue weighted by Crippen LogP contribution is -2.02. The zero-order valence-corrected chi connectivity index (χ0v) is 13.2. The molecule has 0 spiro atoms. The van der Waals surface area contributed by atoms with Gasteiger partial charge in [-0.05, 0) is 42.3 Å². The number of hydrogen-bond donors (Lipinski definition) is 0. The van der Waals surface area contributed by atoms with Crippen LogP contribution < -0.4 is 0 Å². The SMILES string of the molecule is COC(OC)c1ccc(SCc2ccc(F)cc2C)cc1. The molecule has 2 rings (SSSR count). The van der Waals surface area contributed by atoms with Gasteiger partial charge < -0.3 is 9.47 Å². The van der Waals surface area contributed by atoms with Crippen molar-refractivity contribution in [1.82, 2.24) is 0 Å². The topological polar surface area (TPSA) is 18.5 Å². The van der Waals surface area contributed by atoms with Crippen molar-refractivity contribution >= 4 is 11.8 Å². The van der Waals surface area contributed by atoms with Gasteiger partial charge in [-0.1, -0.05) is 18.2 Å². The molecule has 4 heteroatoms. The fourth-order valence-electron chi connectivity index (χ4n) is 2.07. The largest absolute Gasteiger partial charge is 0.352 e. The van der Waals surface area contributed by atoms with Crippen LogP contribution in [0.2, 0.25) is 0 Å². The molecule has 0 bridgehead atoms. The van der Waals surface area contributed by atoms with Gasteiger partial charge in [0, 0.05) is 30.4 Å². The molecule has 0 atom stereocenters. The Kier molecular flexibility index (Phi) is 5.79. The second-order valence-corrected chi connectivity index (χ2v) is 5.78. The smallest absolute Gasteiger partial charge is 0.183 e. The van der Waals surface area contributed by atoms with Gasteiger partial charge in [0.2, 0.25) is 0 Å². The summed E-state index contributed by atoms with van der Waals surface area (Å²) in [4.78, 5) is 1.16. The van der Waals surface area contributed by atoms with E-state index in [2.05, 4.69) is 0 Å². The average Bonchev–Trinajstić information content (AvgIpc) is 2.49. The highest BCUT2D eigenvalue weighted by Crippen LogP contribution is 2.26. The first-order chi connectivity index (χ1) is 10.1. The van der Waals surface area contributed by atoms with Crippen LogP contribution in [-0.2, 0) is 15.2 Å². The van der Waals surface area contributed by atoms with Crippen molar-refractivity contribution in [2.75, 3.05) is 14.2 Å². The van der Waals surface area contributed by atoms with E-state index in [1.165, 1.54) is 6.07 Å². The van der Waals surface area contributed by atoms with E-state index in [1.807, 2.05) is 37.3 Å². The molecule has 0 saturated heterocycles. The Morgan fingerprint density at radius 3 is 2.29 bits per heavy atom. The first-order valence-electron chi connectivity index (χ1n) is 6.67. The summed E-state index contributed by atoms with van der Waals surface area (Å²) < 4.78 is 23.5. The lowest BCUT2D eigenvalue weighted by atomic mass is 10.1. The maximum absolute atomic E-state index is 13.1. The van der Waals surface area contributed by atoms with Crippen molar-refractivity contribution in [3.63, 3.8) is 0 Å². The van der Waals surface area contributed by atoms with Crippen LogP contribution in [0.5, 0.6) is 0 Å². The van der Waals surface area contributed by atoms with E-state index < -0.39 is 0 Å². The molecule has 0 saturated carbocycles. The number of hydrogen-bond acceptors (Lipinski definition) is 3. The number of rotatable bonds is 6. The second-order valence-electron chi connectivity index (χ2n) is 4.73. The normalized spacial score (nSPS) is 11.1. The molecule has 112 valence electrons. The predicted octanol–water partition coefficient (Wildman–Crippen LogP) is 4.72. The van der Waals surface area contributed by atoms with Gasteiger partial charge in [-0.15, -0.1) is 11.8 Å². The molecule has 0 aromatic heterocycles. The Labute approximate surface area is 129 Å². The molecule has 0 N–H and O–H groups in total. The molecule has 0 aliphatic heterocycles. The van der Waals surface area contributed by atoms with Crippen LogP contribution in [-0.4, -0.2) is 14.2 Å². The summed E-state index contributed by atoms with van der Waals surface area (Å²) in [6.45, 7) is 1.93. The highest BCUT2D eigenvalue weighted by molar-refractivity contribution is 7.98. The van der Waals surface area contributed by atoms with Gasteiger partial charge in [-0.25, -0.2) is 4.39 Å². The molecule has 0 unspecified atom stereocenters. The molecular weight excluding hydrogens is 287 g/mol. The molecule has 0 radical (unpaired) electrons. The fourth-order valence-corrected chi connectivity index (χ4v) is 3.05. The van der Waals surface area contributed by atoms with Crippen molar-refractivity contribution in [2.24, 2.45) is 0 Å². The van der Waals surface area contributed by atoms with E-state index in [0.717, 1.165) is 27.3 Å². The molecule has 0 fully saturated rings. The van der Waals surface area contributed by atoms with Crippen molar-refractivity contribution in [2.45, 2.75) is 23.9 Å². The van der Waals surface area contributed by atoms with Crippen molar-refractivity contribution in [1.29, 1.82) is 0 Å². The van der Waals surface area contributed by atoms with Crippen LogP contribution in [0.15, 0.2) is 47.4 Å². The van der Waals surface area contributed by atoms with E-state index in [9.17, 15) is 4.39 Å². The Hall–Kier alpha value is -1.36. The Balaban J connectivity index is 2.00. The van der Waals surface area contributed by atoms with E-state index >= 15 is 0 Å². The maximum atomic E-state index is 13.1. The standard InChI is InChI=1S/C17H19FO2S/c1-12-10-15(18)7-4-14(12)11-21-16-8-5-13(6-9-16)17(19-2)20-3/h4-10,17H,11H2,1-3H3. The van der Waals surface area contributed by atoms with E-state index in [4.69, 9.17) is 9.47 Å². The summed E-state index contributed by atoms with van der Waals surface area (Å²) >= 11 is 1.73. The molecule has 21 heavy (non-hydrogen) atoms. The quantitative estimate of drug-likeness (QED) is 0.568. The zero-order chi connectivity index (χ0) is 15.2. The molecule has 0 aliphatic carbocycles. The van der Waals surface area contributed by atoms with Crippen LogP contribution in [0.3, 0.4) is 0 Å². The zero-order valence-electron chi connectivity index (χ0n) is 12.4. The minimum Gasteiger partial charge on any atom is -0.352 e. The Bertz CT molecular complexity index is 580. The number of halogens is 1. The Morgan fingerprint density at radius 1 is 1.05 bits per heavy atom. The third kappa shape index (κ3) is 4.30. The summed E-state index contributed by atoms with van der Waals surface area (Å²) in [7, 11) is 3.24. The highest BCUT2D eigenvalue weighted by Gasteiger charge is 2.08. The van der Waals surface area contributed by atoms with Gasteiger partial charge in [-0.2, -0.15) is 0 Å². The highest BCUT2D eigenvalue weighted by atomic mass is 32.2. The summed E-state index contributed by atoms with van der Waals surface area (Å²) in [6, 6.07) is 13.0. The fraction of sp³-hybridized carbons (Fsp3) is 0.294. The third-order valence-electron chi connectivity index (χ3n) is 3.28. The number of ether oxygens (including phenoxy) is 2. The molecule has 0 amide bonds. The maximum Gasteiger partial charge on any atom is 0.183 e. The molecule has 0 heterocycles. The second kappa shape index (κ2) is 7.59. The van der Waals surface area contributed by atoms with Gasteiger partial charge >= 0.3 is 0 Å². The van der Waals surface area contributed by atoms with Crippen molar-refractivity contribution in [3.05, 3.63) is 65.0 Å². The van der Waals surface area contributed by atoms with Gasteiger partial charge in [-0.3, -0.25) is 0 Å². The lowest BCUT2D eigenvalue weighted by molar-refractivity contribution is -0.106. The minimum atomic E-state index is -0.330. The number of aryl methyl sites for hydroxylation is 1. The van der Waals surface area contributed by atoms with Crippen molar-refractivity contribution in [3.8, 4) is 0 Å². The van der Waals surface area contributed by atoms with E-state index in [1.54, 1.807) is 32.0 Å². The van der Waals surface area contributed by atoms with Gasteiger partial charge in [0.1, 0.15) is 5.82 Å². The average molecular weight is 306 g/mol. The van der Waals surface area contributed by atoms with Gasteiger partial charge in [0.05, 0.1) is 0 Å². The first kappa shape index (κ1) is 16.0. The van der Waals surface area contributed by atoms with Crippen LogP contribution >= 0.6 is 11.8 Å². The van der Waals surface area contributed by atoms with Crippen LogP contribution in [0.25, 0.3) is 0 Å². The first-order valence-corrected chi connectivity index (χ1v) is 7.66. The van der Waals surface area contributed by atoms with Crippen LogP contribution in [0.1, 0.15) is 23.0 Å².